The summed E-state index contributed by atoms with van der Waals surface area (Å²) in [6.07, 6.45) is -0.579. The van der Waals surface area contributed by atoms with Crippen molar-refractivity contribution in [1.29, 1.82) is 0 Å². The van der Waals surface area contributed by atoms with Crippen LogP contribution in [0, 0.1) is 6.92 Å². The first-order valence-corrected chi connectivity index (χ1v) is 9.18. The largest absolute Gasteiger partial charge is 0.485 e. The molecule has 2 aromatic rings. The third-order valence-corrected chi connectivity index (χ3v) is 5.12. The molecule has 2 aromatic carbocycles. The Morgan fingerprint density at radius 2 is 1.81 bits per heavy atom. The highest BCUT2D eigenvalue weighted by Crippen LogP contribution is 2.31. The molecule has 0 aromatic heterocycles. The second kappa shape index (κ2) is 7.08. The van der Waals surface area contributed by atoms with Gasteiger partial charge in [0.1, 0.15) is 6.61 Å². The number of piperazine rings is 1. The molecule has 0 aliphatic carbocycles. The van der Waals surface area contributed by atoms with Gasteiger partial charge in [0.15, 0.2) is 11.5 Å². The lowest BCUT2D eigenvalue weighted by Crippen LogP contribution is -2.54. The standard InChI is InChI=1S/C20H21ClN2O3/c1-14-6-7-15(21)12-16(14)22-8-10-23(11-9-22)20(24)19-13-25-17-4-2-3-5-18(17)26-19/h2-7,12,19H,8-11,13H2,1H3/t19-/m1/s1. The Kier molecular flexibility index (Phi) is 4.64. The number of carbonyl (C=O) groups is 1. The van der Waals surface area contributed by atoms with E-state index >= 15 is 0 Å². The number of anilines is 1. The number of hydrogen-bond donors (Lipinski definition) is 0. The number of carbonyl (C=O) groups excluding carboxylic acids is 1. The molecule has 2 heterocycles. The predicted octanol–water partition coefficient (Wildman–Crippen LogP) is 3.14. The van der Waals surface area contributed by atoms with Crippen molar-refractivity contribution < 1.29 is 14.3 Å². The molecule has 6 heteroatoms. The van der Waals surface area contributed by atoms with E-state index in [4.69, 9.17) is 21.1 Å². The van der Waals surface area contributed by atoms with Crippen LogP contribution in [0.3, 0.4) is 0 Å². The number of rotatable bonds is 2. The zero-order valence-corrected chi connectivity index (χ0v) is 15.4. The summed E-state index contributed by atoms with van der Waals surface area (Å²) in [5.41, 5.74) is 2.32. The Balaban J connectivity index is 1.39. The van der Waals surface area contributed by atoms with E-state index in [1.807, 2.05) is 47.4 Å². The van der Waals surface area contributed by atoms with Crippen LogP contribution < -0.4 is 14.4 Å². The summed E-state index contributed by atoms with van der Waals surface area (Å²) in [6.45, 7) is 5.20. The molecule has 0 N–H and O–H groups in total. The average molecular weight is 373 g/mol. The minimum Gasteiger partial charge on any atom is -0.485 e. The second-order valence-electron chi connectivity index (χ2n) is 6.61. The van der Waals surface area contributed by atoms with Crippen molar-refractivity contribution in [2.24, 2.45) is 0 Å². The van der Waals surface area contributed by atoms with Gasteiger partial charge in [-0.1, -0.05) is 29.8 Å². The van der Waals surface area contributed by atoms with Crippen LogP contribution in [0.1, 0.15) is 5.56 Å². The quantitative estimate of drug-likeness (QED) is 0.812. The molecular formula is C20H21ClN2O3. The van der Waals surface area contributed by atoms with Crippen molar-refractivity contribution in [3.63, 3.8) is 0 Å². The summed E-state index contributed by atoms with van der Waals surface area (Å²) < 4.78 is 11.5. The highest BCUT2D eigenvalue weighted by molar-refractivity contribution is 6.30. The van der Waals surface area contributed by atoms with E-state index in [0.717, 1.165) is 23.8 Å². The number of aryl methyl sites for hydroxylation is 1. The normalized spacial score (nSPS) is 19.4. The summed E-state index contributed by atoms with van der Waals surface area (Å²) in [7, 11) is 0. The van der Waals surface area contributed by atoms with E-state index in [2.05, 4.69) is 11.8 Å². The number of halogens is 1. The van der Waals surface area contributed by atoms with Crippen LogP contribution in [0.25, 0.3) is 0 Å². The third-order valence-electron chi connectivity index (χ3n) is 4.89. The Bertz CT molecular complexity index is 818. The van der Waals surface area contributed by atoms with Gasteiger partial charge in [-0.25, -0.2) is 0 Å². The van der Waals surface area contributed by atoms with E-state index in [0.29, 0.717) is 24.6 Å². The van der Waals surface area contributed by atoms with Gasteiger partial charge in [-0.3, -0.25) is 4.79 Å². The van der Waals surface area contributed by atoms with Crippen LogP contribution in [0.5, 0.6) is 11.5 Å². The van der Waals surface area contributed by atoms with Crippen molar-refractivity contribution in [1.82, 2.24) is 4.90 Å². The van der Waals surface area contributed by atoms with Gasteiger partial charge in [-0.15, -0.1) is 0 Å². The van der Waals surface area contributed by atoms with E-state index in [1.54, 1.807) is 0 Å². The van der Waals surface area contributed by atoms with Crippen molar-refractivity contribution in [2.45, 2.75) is 13.0 Å². The topological polar surface area (TPSA) is 42.0 Å². The fraction of sp³-hybridized carbons (Fsp3) is 0.350. The smallest absolute Gasteiger partial charge is 0.267 e. The molecule has 1 saturated heterocycles. The van der Waals surface area contributed by atoms with Gasteiger partial charge in [0.05, 0.1) is 0 Å². The zero-order valence-electron chi connectivity index (χ0n) is 14.7. The zero-order chi connectivity index (χ0) is 18.1. The lowest BCUT2D eigenvalue weighted by molar-refractivity contribution is -0.141. The molecule has 0 unspecified atom stereocenters. The Labute approximate surface area is 158 Å². The Morgan fingerprint density at radius 1 is 1.08 bits per heavy atom. The molecule has 0 saturated carbocycles. The molecule has 4 rings (SSSR count). The lowest BCUT2D eigenvalue weighted by atomic mass is 10.1. The van der Waals surface area contributed by atoms with Crippen LogP contribution in [0.4, 0.5) is 5.69 Å². The summed E-state index contributed by atoms with van der Waals surface area (Å²) >= 11 is 6.14. The second-order valence-corrected chi connectivity index (χ2v) is 7.04. The SMILES string of the molecule is Cc1ccc(Cl)cc1N1CCN(C(=O)[C@H]2COc3ccccc3O2)CC1. The Morgan fingerprint density at radius 3 is 2.58 bits per heavy atom. The first kappa shape index (κ1) is 17.0. The molecule has 5 nitrogen and oxygen atoms in total. The summed E-state index contributed by atoms with van der Waals surface area (Å²) in [4.78, 5) is 16.9. The van der Waals surface area contributed by atoms with Gasteiger partial charge < -0.3 is 19.3 Å². The van der Waals surface area contributed by atoms with E-state index in [1.165, 1.54) is 5.56 Å². The maximum atomic E-state index is 12.8. The lowest BCUT2D eigenvalue weighted by Gasteiger charge is -2.38. The van der Waals surface area contributed by atoms with Crippen molar-refractivity contribution in [2.75, 3.05) is 37.7 Å². The predicted molar refractivity (Wildman–Crippen MR) is 101 cm³/mol. The van der Waals surface area contributed by atoms with Crippen molar-refractivity contribution >= 4 is 23.2 Å². The van der Waals surface area contributed by atoms with Gasteiger partial charge in [0.25, 0.3) is 5.91 Å². The number of nitrogens with zero attached hydrogens (tertiary/aromatic N) is 2. The van der Waals surface area contributed by atoms with Crippen molar-refractivity contribution in [3.8, 4) is 11.5 Å². The van der Waals surface area contributed by atoms with Crippen LogP contribution >= 0.6 is 11.6 Å². The number of fused-ring (bicyclic) bond motifs is 1. The van der Waals surface area contributed by atoms with Crippen LogP contribution in [0.15, 0.2) is 42.5 Å². The first-order valence-electron chi connectivity index (χ1n) is 8.80. The fourth-order valence-corrected chi connectivity index (χ4v) is 3.60. The van der Waals surface area contributed by atoms with Crippen LogP contribution in [-0.2, 0) is 4.79 Å². The molecular weight excluding hydrogens is 352 g/mol. The molecule has 0 spiro atoms. The van der Waals surface area contributed by atoms with Gasteiger partial charge in [0.2, 0.25) is 6.10 Å². The van der Waals surface area contributed by atoms with E-state index in [-0.39, 0.29) is 12.5 Å². The monoisotopic (exact) mass is 372 g/mol. The summed E-state index contributed by atoms with van der Waals surface area (Å²) in [5.74, 6) is 1.31. The number of hydrogen-bond acceptors (Lipinski definition) is 4. The molecule has 1 amide bonds. The number of benzene rings is 2. The highest BCUT2D eigenvalue weighted by atomic mass is 35.5. The molecule has 1 fully saturated rings. The Hall–Kier alpha value is -2.40. The first-order chi connectivity index (χ1) is 12.6. The van der Waals surface area contributed by atoms with E-state index in [9.17, 15) is 4.79 Å². The minimum absolute atomic E-state index is 0.0121. The van der Waals surface area contributed by atoms with Crippen LogP contribution in [-0.4, -0.2) is 49.7 Å². The molecule has 136 valence electrons. The number of ether oxygens (including phenoxy) is 2. The maximum Gasteiger partial charge on any atom is 0.267 e. The number of amides is 1. The summed E-state index contributed by atoms with van der Waals surface area (Å²) in [6, 6.07) is 13.4. The van der Waals surface area contributed by atoms with Gasteiger partial charge in [0, 0.05) is 36.9 Å². The van der Waals surface area contributed by atoms with Crippen LogP contribution in [0.2, 0.25) is 5.02 Å². The maximum absolute atomic E-state index is 12.8. The molecule has 1 atom stereocenters. The molecule has 2 aliphatic heterocycles. The van der Waals surface area contributed by atoms with Gasteiger partial charge in [-0.2, -0.15) is 0 Å². The van der Waals surface area contributed by atoms with Gasteiger partial charge >= 0.3 is 0 Å². The fourth-order valence-electron chi connectivity index (χ4n) is 3.44. The molecule has 26 heavy (non-hydrogen) atoms. The van der Waals surface area contributed by atoms with Gasteiger partial charge in [-0.05, 0) is 36.8 Å². The number of para-hydroxylation sites is 2. The molecule has 2 aliphatic rings. The minimum atomic E-state index is -0.579. The average Bonchev–Trinajstić information content (AvgIpc) is 2.69. The highest BCUT2D eigenvalue weighted by Gasteiger charge is 2.32. The van der Waals surface area contributed by atoms with E-state index < -0.39 is 6.10 Å². The van der Waals surface area contributed by atoms with Crippen molar-refractivity contribution in [3.05, 3.63) is 53.1 Å². The third kappa shape index (κ3) is 3.31. The molecule has 0 bridgehead atoms. The molecule has 0 radical (unpaired) electrons. The summed E-state index contributed by atoms with van der Waals surface area (Å²) in [5, 5.41) is 0.732.